The maximum Gasteiger partial charge on any atom is 0.337 e. The van der Waals surface area contributed by atoms with Gasteiger partial charge < -0.3 is 10.1 Å². The largest absolute Gasteiger partial charge is 0.465 e. The Morgan fingerprint density at radius 1 is 1.15 bits per heavy atom. The molecule has 0 bridgehead atoms. The number of hydrogen-bond donors (Lipinski definition) is 1. The van der Waals surface area contributed by atoms with Gasteiger partial charge in [-0.1, -0.05) is 32.0 Å². The maximum atomic E-state index is 13.3. The minimum absolute atomic E-state index is 0.0911. The van der Waals surface area contributed by atoms with E-state index in [-0.39, 0.29) is 22.1 Å². The van der Waals surface area contributed by atoms with Crippen LogP contribution in [0.5, 0.6) is 0 Å². The predicted molar refractivity (Wildman–Crippen MR) is 101 cm³/mol. The summed E-state index contributed by atoms with van der Waals surface area (Å²) in [7, 11) is -2.73. The molecule has 1 atom stereocenters. The minimum Gasteiger partial charge on any atom is -0.465 e. The highest BCUT2D eigenvalue weighted by Gasteiger charge is 2.42. The standard InChI is InChI=1S/C19H20N2O5S/c1-12(2)17-18(22)20-15-11-13(19(23)26-3)9-10-16(15)21(17)27(24,25)14-7-5-4-6-8-14/h4-12,17H,1-3H3,(H,20,22). The Morgan fingerprint density at radius 3 is 2.41 bits per heavy atom. The third kappa shape index (κ3) is 3.28. The summed E-state index contributed by atoms with van der Waals surface area (Å²) in [6, 6.07) is 11.5. The van der Waals surface area contributed by atoms with Gasteiger partial charge in [0.25, 0.3) is 10.0 Å². The topological polar surface area (TPSA) is 92.8 Å². The zero-order chi connectivity index (χ0) is 19.8. The summed E-state index contributed by atoms with van der Waals surface area (Å²) in [5.41, 5.74) is 0.778. The van der Waals surface area contributed by atoms with Crippen LogP contribution in [0, 0.1) is 5.92 Å². The van der Waals surface area contributed by atoms with Crippen LogP contribution in [0.2, 0.25) is 0 Å². The van der Waals surface area contributed by atoms with E-state index in [0.29, 0.717) is 5.69 Å². The first-order chi connectivity index (χ1) is 12.8. The molecule has 2 aromatic carbocycles. The van der Waals surface area contributed by atoms with Gasteiger partial charge in [0.15, 0.2) is 0 Å². The van der Waals surface area contributed by atoms with Crippen LogP contribution < -0.4 is 9.62 Å². The highest BCUT2D eigenvalue weighted by atomic mass is 32.2. The Kier molecular flexibility index (Phi) is 4.93. The van der Waals surface area contributed by atoms with E-state index >= 15 is 0 Å². The fourth-order valence-electron chi connectivity index (χ4n) is 3.09. The van der Waals surface area contributed by atoms with Crippen molar-refractivity contribution in [1.82, 2.24) is 0 Å². The lowest BCUT2D eigenvalue weighted by Crippen LogP contribution is -2.53. The number of carbonyl (C=O) groups excluding carboxylic acids is 2. The number of esters is 1. The summed E-state index contributed by atoms with van der Waals surface area (Å²) >= 11 is 0. The molecule has 3 rings (SSSR count). The van der Waals surface area contributed by atoms with Crippen LogP contribution >= 0.6 is 0 Å². The number of benzene rings is 2. The Balaban J connectivity index is 2.21. The molecule has 0 aliphatic carbocycles. The molecule has 1 unspecified atom stereocenters. The van der Waals surface area contributed by atoms with Gasteiger partial charge in [0.2, 0.25) is 5.91 Å². The number of hydrogen-bond acceptors (Lipinski definition) is 5. The molecule has 0 radical (unpaired) electrons. The molecule has 142 valence electrons. The zero-order valence-electron chi connectivity index (χ0n) is 15.2. The van der Waals surface area contributed by atoms with Gasteiger partial charge in [-0.25, -0.2) is 13.2 Å². The number of amides is 1. The number of rotatable bonds is 4. The van der Waals surface area contributed by atoms with Crippen LogP contribution in [0.25, 0.3) is 0 Å². The number of fused-ring (bicyclic) bond motifs is 1. The van der Waals surface area contributed by atoms with E-state index in [1.54, 1.807) is 32.0 Å². The van der Waals surface area contributed by atoms with E-state index in [9.17, 15) is 18.0 Å². The smallest absolute Gasteiger partial charge is 0.337 e. The van der Waals surface area contributed by atoms with Crippen molar-refractivity contribution in [2.24, 2.45) is 5.92 Å². The molecule has 0 spiro atoms. The molecule has 1 N–H and O–H groups in total. The monoisotopic (exact) mass is 388 g/mol. The number of sulfonamides is 1. The first kappa shape index (κ1) is 18.9. The van der Waals surface area contributed by atoms with Crippen molar-refractivity contribution in [3.63, 3.8) is 0 Å². The van der Waals surface area contributed by atoms with Crippen molar-refractivity contribution in [2.75, 3.05) is 16.7 Å². The number of nitrogens with one attached hydrogen (secondary N) is 1. The second kappa shape index (κ2) is 7.03. The van der Waals surface area contributed by atoms with Gasteiger partial charge in [0, 0.05) is 0 Å². The van der Waals surface area contributed by atoms with Crippen molar-refractivity contribution in [3.05, 3.63) is 54.1 Å². The van der Waals surface area contributed by atoms with Gasteiger partial charge in [0.1, 0.15) is 6.04 Å². The maximum absolute atomic E-state index is 13.3. The fourth-order valence-corrected chi connectivity index (χ4v) is 4.88. The average molecular weight is 388 g/mol. The third-order valence-electron chi connectivity index (χ3n) is 4.37. The van der Waals surface area contributed by atoms with Crippen molar-refractivity contribution in [1.29, 1.82) is 0 Å². The molecule has 1 heterocycles. The lowest BCUT2D eigenvalue weighted by molar-refractivity contribution is -0.118. The number of carbonyl (C=O) groups is 2. The van der Waals surface area contributed by atoms with Crippen LogP contribution in [0.1, 0.15) is 24.2 Å². The van der Waals surface area contributed by atoms with E-state index < -0.39 is 27.9 Å². The van der Waals surface area contributed by atoms with Gasteiger partial charge in [-0.05, 0) is 36.2 Å². The van der Waals surface area contributed by atoms with Crippen molar-refractivity contribution >= 4 is 33.3 Å². The summed E-state index contributed by atoms with van der Waals surface area (Å²) in [5, 5.41) is 2.71. The van der Waals surface area contributed by atoms with Gasteiger partial charge in [0.05, 0.1) is 28.9 Å². The van der Waals surface area contributed by atoms with E-state index in [0.717, 1.165) is 4.31 Å². The summed E-state index contributed by atoms with van der Waals surface area (Å²) < 4.78 is 32.5. The lowest BCUT2D eigenvalue weighted by atomic mass is 9.99. The molecule has 27 heavy (non-hydrogen) atoms. The molecule has 0 fully saturated rings. The van der Waals surface area contributed by atoms with E-state index in [1.165, 1.54) is 37.4 Å². The van der Waals surface area contributed by atoms with Crippen molar-refractivity contribution in [2.45, 2.75) is 24.8 Å². The van der Waals surface area contributed by atoms with Crippen molar-refractivity contribution < 1.29 is 22.7 Å². The van der Waals surface area contributed by atoms with Crippen LogP contribution in [-0.4, -0.2) is 33.4 Å². The molecule has 7 nitrogen and oxygen atoms in total. The Bertz CT molecular complexity index is 986. The summed E-state index contributed by atoms with van der Waals surface area (Å²) in [4.78, 5) is 24.6. The Labute approximate surface area is 158 Å². The third-order valence-corrected chi connectivity index (χ3v) is 6.18. The SMILES string of the molecule is COC(=O)c1ccc2c(c1)NC(=O)C(C(C)C)N2S(=O)(=O)c1ccccc1. The van der Waals surface area contributed by atoms with Crippen LogP contribution in [0.3, 0.4) is 0 Å². The van der Waals surface area contributed by atoms with Crippen molar-refractivity contribution in [3.8, 4) is 0 Å². The quantitative estimate of drug-likeness (QED) is 0.813. The number of methoxy groups -OCH3 is 1. The number of anilines is 2. The molecular weight excluding hydrogens is 368 g/mol. The minimum atomic E-state index is -3.98. The molecule has 0 saturated carbocycles. The normalized spacial score (nSPS) is 16.7. The van der Waals surface area contributed by atoms with E-state index in [1.807, 2.05) is 0 Å². The highest BCUT2D eigenvalue weighted by molar-refractivity contribution is 7.93. The van der Waals surface area contributed by atoms with Crippen LogP contribution in [-0.2, 0) is 19.6 Å². The highest BCUT2D eigenvalue weighted by Crippen LogP contribution is 2.39. The van der Waals surface area contributed by atoms with Crippen LogP contribution in [0.4, 0.5) is 11.4 Å². The molecular formula is C19H20N2O5S. The fraction of sp³-hybridized carbons (Fsp3) is 0.263. The molecule has 0 aromatic heterocycles. The Hall–Kier alpha value is -2.87. The predicted octanol–water partition coefficient (Wildman–Crippen LogP) is 2.65. The molecule has 2 aromatic rings. The lowest BCUT2D eigenvalue weighted by Gasteiger charge is -2.39. The van der Waals surface area contributed by atoms with Crippen LogP contribution in [0.15, 0.2) is 53.4 Å². The first-order valence-corrected chi connectivity index (χ1v) is 9.84. The Morgan fingerprint density at radius 2 is 1.81 bits per heavy atom. The molecule has 8 heteroatoms. The molecule has 0 saturated heterocycles. The van der Waals surface area contributed by atoms with Gasteiger partial charge in [-0.2, -0.15) is 0 Å². The van der Waals surface area contributed by atoms with Gasteiger partial charge in [-0.3, -0.25) is 9.10 Å². The van der Waals surface area contributed by atoms with Gasteiger partial charge in [-0.15, -0.1) is 0 Å². The summed E-state index contributed by atoms with van der Waals surface area (Å²) in [5.74, 6) is -1.29. The van der Waals surface area contributed by atoms with E-state index in [4.69, 9.17) is 4.74 Å². The summed E-state index contributed by atoms with van der Waals surface area (Å²) in [6.45, 7) is 3.57. The van der Waals surface area contributed by atoms with Gasteiger partial charge >= 0.3 is 5.97 Å². The average Bonchev–Trinajstić information content (AvgIpc) is 2.66. The number of ether oxygens (including phenoxy) is 1. The first-order valence-electron chi connectivity index (χ1n) is 8.40. The second-order valence-electron chi connectivity index (χ2n) is 6.52. The molecule has 1 amide bonds. The molecule has 1 aliphatic heterocycles. The van der Waals surface area contributed by atoms with E-state index in [2.05, 4.69) is 5.32 Å². The zero-order valence-corrected chi connectivity index (χ0v) is 16.0. The molecule has 1 aliphatic rings. The number of nitrogens with zero attached hydrogens (tertiary/aromatic N) is 1. The summed E-state index contributed by atoms with van der Waals surface area (Å²) in [6.07, 6.45) is 0. The second-order valence-corrected chi connectivity index (χ2v) is 8.33.